The van der Waals surface area contributed by atoms with Crippen LogP contribution in [-0.4, -0.2) is 29.0 Å². The van der Waals surface area contributed by atoms with Crippen LogP contribution in [0.5, 0.6) is 0 Å². The van der Waals surface area contributed by atoms with Crippen LogP contribution in [0.15, 0.2) is 52.1 Å². The molecule has 0 spiro atoms. The molecule has 0 aliphatic heterocycles. The molecular formula is C17H14BrN3O3S. The van der Waals surface area contributed by atoms with Gasteiger partial charge < -0.3 is 15.5 Å². The lowest BCUT2D eigenvalue weighted by Crippen LogP contribution is -2.11. The Morgan fingerprint density at radius 1 is 1.28 bits per heavy atom. The van der Waals surface area contributed by atoms with E-state index in [-0.39, 0.29) is 0 Å². The normalized spacial score (nSPS) is 12.1. The Hall–Kier alpha value is -2.32. The van der Waals surface area contributed by atoms with Crippen molar-refractivity contribution < 1.29 is 14.3 Å². The third kappa shape index (κ3) is 3.69. The lowest BCUT2D eigenvalue weighted by Gasteiger charge is -2.13. The third-order valence-electron chi connectivity index (χ3n) is 3.55. The summed E-state index contributed by atoms with van der Waals surface area (Å²) in [6.45, 7) is 0. The molecule has 6 nitrogen and oxygen atoms in total. The number of nitrogens with zero attached hydrogens (tertiary/aromatic N) is 1. The first-order chi connectivity index (χ1) is 12.0. The van der Waals surface area contributed by atoms with Crippen LogP contribution in [0, 0.1) is 0 Å². The monoisotopic (exact) mass is 419 g/mol. The molecule has 2 aromatic carbocycles. The molecule has 3 aromatic rings. The van der Waals surface area contributed by atoms with Crippen molar-refractivity contribution in [2.24, 2.45) is 5.73 Å². The molecule has 25 heavy (non-hydrogen) atoms. The summed E-state index contributed by atoms with van der Waals surface area (Å²) in [6, 6.07) is 12.6. The minimum atomic E-state index is -0.597. The minimum Gasteiger partial charge on any atom is -0.468 e. The third-order valence-corrected chi connectivity index (χ3v) is 5.16. The molecule has 0 radical (unpaired) electrons. The highest BCUT2D eigenvalue weighted by molar-refractivity contribution is 9.10. The Balaban J connectivity index is 2.00. The maximum atomic E-state index is 12.2. The molecule has 1 atom stereocenters. The Morgan fingerprint density at radius 3 is 2.72 bits per heavy atom. The zero-order valence-corrected chi connectivity index (χ0v) is 15.6. The highest BCUT2D eigenvalue weighted by Gasteiger charge is 2.25. The molecule has 0 saturated carbocycles. The number of thioether (sulfide) groups is 1. The maximum absolute atomic E-state index is 12.2. The SMILES string of the molecule is COC(=O)C(Sc1nc2c(C(N)=O)cccc2[nH]1)c1cccc(Br)c1. The molecule has 3 rings (SSSR count). The number of H-pyrrole nitrogens is 1. The summed E-state index contributed by atoms with van der Waals surface area (Å²) in [4.78, 5) is 31.3. The smallest absolute Gasteiger partial charge is 0.323 e. The second kappa shape index (κ2) is 7.28. The molecule has 8 heteroatoms. The fourth-order valence-corrected chi connectivity index (χ4v) is 3.83. The van der Waals surface area contributed by atoms with E-state index in [9.17, 15) is 9.59 Å². The van der Waals surface area contributed by atoms with Crippen molar-refractivity contribution in [1.29, 1.82) is 0 Å². The van der Waals surface area contributed by atoms with Crippen LogP contribution in [0.2, 0.25) is 0 Å². The quantitative estimate of drug-likeness (QED) is 0.487. The molecular weight excluding hydrogens is 406 g/mol. The number of benzene rings is 2. The van der Waals surface area contributed by atoms with Gasteiger partial charge in [-0.2, -0.15) is 0 Å². The second-order valence-electron chi connectivity index (χ2n) is 5.18. The van der Waals surface area contributed by atoms with Crippen molar-refractivity contribution in [3.63, 3.8) is 0 Å². The molecule has 3 N–H and O–H groups in total. The zero-order valence-electron chi connectivity index (χ0n) is 13.2. The van der Waals surface area contributed by atoms with Gasteiger partial charge in [0.1, 0.15) is 10.8 Å². The predicted molar refractivity (Wildman–Crippen MR) is 99.4 cm³/mol. The van der Waals surface area contributed by atoms with Crippen molar-refractivity contribution in [2.45, 2.75) is 10.4 Å². The number of rotatable bonds is 5. The summed E-state index contributed by atoms with van der Waals surface area (Å²) in [5.74, 6) is -0.941. The number of amides is 1. The second-order valence-corrected chi connectivity index (χ2v) is 7.19. The molecule has 1 amide bonds. The Bertz CT molecular complexity index is 957. The molecule has 0 saturated heterocycles. The predicted octanol–water partition coefficient (Wildman–Crippen LogP) is 3.43. The van der Waals surface area contributed by atoms with Crippen LogP contribution in [0.1, 0.15) is 21.2 Å². The molecule has 128 valence electrons. The van der Waals surface area contributed by atoms with Gasteiger partial charge in [0.05, 0.1) is 18.2 Å². The number of halogens is 1. The first-order valence-electron chi connectivity index (χ1n) is 7.28. The van der Waals surface area contributed by atoms with Gasteiger partial charge in [0.2, 0.25) is 0 Å². The number of aromatic amines is 1. The van der Waals surface area contributed by atoms with E-state index in [0.717, 1.165) is 10.0 Å². The molecule has 0 aliphatic carbocycles. The summed E-state index contributed by atoms with van der Waals surface area (Å²) in [6.07, 6.45) is 0. The number of ether oxygens (including phenoxy) is 1. The number of aromatic nitrogens is 2. The van der Waals surface area contributed by atoms with E-state index in [1.165, 1.54) is 18.9 Å². The number of hydrogen-bond acceptors (Lipinski definition) is 5. The number of esters is 1. The number of hydrogen-bond donors (Lipinski definition) is 2. The van der Waals surface area contributed by atoms with Gasteiger partial charge in [-0.15, -0.1) is 0 Å². The van der Waals surface area contributed by atoms with E-state index in [4.69, 9.17) is 10.5 Å². The van der Waals surface area contributed by atoms with Gasteiger partial charge in [-0.25, -0.2) is 4.98 Å². The van der Waals surface area contributed by atoms with E-state index < -0.39 is 17.1 Å². The van der Waals surface area contributed by atoms with E-state index >= 15 is 0 Å². The van der Waals surface area contributed by atoms with Crippen molar-refractivity contribution in [3.8, 4) is 0 Å². The average Bonchev–Trinajstić information content (AvgIpc) is 3.01. The average molecular weight is 420 g/mol. The van der Waals surface area contributed by atoms with Crippen LogP contribution >= 0.6 is 27.7 Å². The lowest BCUT2D eigenvalue weighted by atomic mass is 10.1. The number of nitrogens with one attached hydrogen (secondary N) is 1. The summed E-state index contributed by atoms with van der Waals surface area (Å²) in [5.41, 5.74) is 7.66. The van der Waals surface area contributed by atoms with E-state index in [1.807, 2.05) is 24.3 Å². The minimum absolute atomic E-state index is 0.331. The van der Waals surface area contributed by atoms with E-state index in [2.05, 4.69) is 25.9 Å². The van der Waals surface area contributed by atoms with Gasteiger partial charge in [0, 0.05) is 4.47 Å². The topological polar surface area (TPSA) is 98.1 Å². The fourth-order valence-electron chi connectivity index (χ4n) is 2.40. The van der Waals surface area contributed by atoms with Gasteiger partial charge in [0.25, 0.3) is 5.91 Å². The number of primary amides is 1. The summed E-state index contributed by atoms with van der Waals surface area (Å²) in [5, 5.41) is -0.0980. The van der Waals surface area contributed by atoms with Gasteiger partial charge in [-0.1, -0.05) is 45.9 Å². The molecule has 1 aromatic heterocycles. The molecule has 1 unspecified atom stereocenters. The van der Waals surface area contributed by atoms with Crippen molar-refractivity contribution >= 4 is 50.6 Å². The number of methoxy groups -OCH3 is 1. The van der Waals surface area contributed by atoms with Crippen LogP contribution < -0.4 is 5.73 Å². The van der Waals surface area contributed by atoms with E-state index in [1.54, 1.807) is 18.2 Å². The van der Waals surface area contributed by atoms with Gasteiger partial charge in [-0.3, -0.25) is 9.59 Å². The summed E-state index contributed by atoms with van der Waals surface area (Å²) < 4.78 is 5.79. The standard InChI is InChI=1S/C17H14BrN3O3S/c1-24-16(23)14(9-4-2-5-10(18)8-9)25-17-20-12-7-3-6-11(15(19)22)13(12)21-17/h2-8,14H,1H3,(H2,19,22)(H,20,21). The number of para-hydroxylation sites is 1. The highest BCUT2D eigenvalue weighted by Crippen LogP contribution is 2.36. The fraction of sp³-hybridized carbons (Fsp3) is 0.118. The van der Waals surface area contributed by atoms with Gasteiger partial charge in [-0.05, 0) is 29.8 Å². The number of imidazole rings is 1. The first kappa shape index (κ1) is 17.5. The van der Waals surface area contributed by atoms with Gasteiger partial charge >= 0.3 is 5.97 Å². The molecule has 0 fully saturated rings. The van der Waals surface area contributed by atoms with E-state index in [0.29, 0.717) is 21.8 Å². The highest BCUT2D eigenvalue weighted by atomic mass is 79.9. The number of carbonyl (C=O) groups excluding carboxylic acids is 2. The maximum Gasteiger partial charge on any atom is 0.323 e. The van der Waals surface area contributed by atoms with Crippen LogP contribution in [0.4, 0.5) is 0 Å². The summed E-state index contributed by atoms with van der Waals surface area (Å²) in [7, 11) is 1.34. The van der Waals surface area contributed by atoms with Crippen LogP contribution in [-0.2, 0) is 9.53 Å². The first-order valence-corrected chi connectivity index (χ1v) is 8.95. The number of fused-ring (bicyclic) bond motifs is 1. The van der Waals surface area contributed by atoms with Crippen molar-refractivity contribution in [1.82, 2.24) is 9.97 Å². The van der Waals surface area contributed by atoms with Crippen LogP contribution in [0.3, 0.4) is 0 Å². The molecule has 0 aliphatic rings. The molecule has 0 bridgehead atoms. The summed E-state index contributed by atoms with van der Waals surface area (Å²) >= 11 is 4.62. The largest absolute Gasteiger partial charge is 0.468 e. The van der Waals surface area contributed by atoms with Crippen LogP contribution in [0.25, 0.3) is 11.0 Å². The van der Waals surface area contributed by atoms with Crippen molar-refractivity contribution in [3.05, 3.63) is 58.1 Å². The Labute approximate surface area is 156 Å². The zero-order chi connectivity index (χ0) is 18.0. The lowest BCUT2D eigenvalue weighted by molar-refractivity contribution is -0.140. The van der Waals surface area contributed by atoms with Crippen molar-refractivity contribution in [2.75, 3.05) is 7.11 Å². The molecule has 1 heterocycles. The van der Waals surface area contributed by atoms with Gasteiger partial charge in [0.15, 0.2) is 5.16 Å². The number of nitrogens with two attached hydrogens (primary N) is 1. The Kier molecular flexibility index (Phi) is 5.10. The Morgan fingerprint density at radius 2 is 2.04 bits per heavy atom. The number of carbonyl (C=O) groups is 2.